The summed E-state index contributed by atoms with van der Waals surface area (Å²) in [7, 11) is 0. The minimum Gasteiger partial charge on any atom is -0.348 e. The van der Waals surface area contributed by atoms with Crippen LogP contribution in [0.25, 0.3) is 0 Å². The lowest BCUT2D eigenvalue weighted by Crippen LogP contribution is -2.33. The molecule has 41 heavy (non-hydrogen) atoms. The van der Waals surface area contributed by atoms with Crippen molar-refractivity contribution in [2.45, 2.75) is 199 Å². The van der Waals surface area contributed by atoms with Gasteiger partial charge in [0.2, 0.25) is 11.8 Å². The van der Waals surface area contributed by atoms with Crippen LogP contribution in [0.2, 0.25) is 0 Å². The summed E-state index contributed by atoms with van der Waals surface area (Å²) < 4.78 is 0. The first-order valence-electron chi connectivity index (χ1n) is 18.1. The second-order valence-electron chi connectivity index (χ2n) is 12.6. The number of carbonyl (C=O) groups is 2. The molecular weight excluding hydrogens is 504 g/mol. The van der Waals surface area contributed by atoms with Crippen molar-refractivity contribution in [2.24, 2.45) is 0 Å². The van der Waals surface area contributed by atoms with Gasteiger partial charge in [0.15, 0.2) is 0 Å². The second-order valence-corrected chi connectivity index (χ2v) is 12.6. The van der Waals surface area contributed by atoms with Gasteiger partial charge in [-0.05, 0) is 44.3 Å². The molecule has 0 radical (unpaired) electrons. The molecule has 4 heteroatoms. The average Bonchev–Trinajstić information content (AvgIpc) is 3.69. The lowest BCUT2D eigenvalue weighted by Gasteiger charge is -2.03. The maximum atomic E-state index is 12.1. The monoisotopic (exact) mass is 573 g/mol. The van der Waals surface area contributed by atoms with Crippen LogP contribution in [0.3, 0.4) is 0 Å². The Morgan fingerprint density at radius 3 is 1.02 bits per heavy atom. The maximum absolute atomic E-state index is 12.1. The predicted molar refractivity (Wildman–Crippen MR) is 178 cm³/mol. The first kappa shape index (κ1) is 37.4. The summed E-state index contributed by atoms with van der Waals surface area (Å²) >= 11 is 0. The van der Waals surface area contributed by atoms with E-state index in [0.29, 0.717) is 0 Å². The van der Waals surface area contributed by atoms with Crippen LogP contribution >= 0.6 is 0 Å². The van der Waals surface area contributed by atoms with Gasteiger partial charge in [0, 0.05) is 0 Å². The highest BCUT2D eigenvalue weighted by molar-refractivity contribution is 5.89. The van der Waals surface area contributed by atoms with E-state index in [2.05, 4.69) is 24.5 Å². The molecule has 238 valence electrons. The summed E-state index contributed by atoms with van der Waals surface area (Å²) in [6.07, 6.45) is 42.6. The summed E-state index contributed by atoms with van der Waals surface area (Å²) in [6, 6.07) is 0.153. The molecule has 2 amide bonds. The fourth-order valence-corrected chi connectivity index (χ4v) is 5.56. The zero-order valence-corrected chi connectivity index (χ0v) is 27.4. The van der Waals surface area contributed by atoms with Crippen LogP contribution in [0.15, 0.2) is 24.3 Å². The Balaban J connectivity index is 1.87. The van der Waals surface area contributed by atoms with E-state index in [1.54, 1.807) is 12.2 Å². The van der Waals surface area contributed by atoms with Crippen LogP contribution in [0.5, 0.6) is 0 Å². The largest absolute Gasteiger partial charge is 0.348 e. The lowest BCUT2D eigenvalue weighted by molar-refractivity contribution is -0.118. The molecule has 2 unspecified atom stereocenters. The molecule has 1 saturated carbocycles. The number of amides is 2. The van der Waals surface area contributed by atoms with Crippen LogP contribution in [0.1, 0.15) is 187 Å². The second kappa shape index (κ2) is 28.5. The number of hydrogen-bond donors (Lipinski definition) is 2. The highest BCUT2D eigenvalue weighted by atomic mass is 16.2. The summed E-state index contributed by atoms with van der Waals surface area (Å²) in [4.78, 5) is 24.3. The normalized spacial score (nSPS) is 16.5. The van der Waals surface area contributed by atoms with Crippen molar-refractivity contribution >= 4 is 11.8 Å². The Morgan fingerprint density at radius 2 is 0.732 bits per heavy atom. The molecule has 0 aromatic heterocycles. The quantitative estimate of drug-likeness (QED) is 0.0664. The maximum Gasteiger partial charge on any atom is 0.243 e. The van der Waals surface area contributed by atoms with Crippen molar-refractivity contribution < 1.29 is 9.59 Å². The Hall–Kier alpha value is -1.58. The van der Waals surface area contributed by atoms with Crippen LogP contribution in [-0.2, 0) is 9.59 Å². The van der Waals surface area contributed by atoms with Gasteiger partial charge < -0.3 is 10.6 Å². The van der Waals surface area contributed by atoms with Gasteiger partial charge in [0.25, 0.3) is 0 Å². The summed E-state index contributed by atoms with van der Waals surface area (Å²) in [5.41, 5.74) is 0. The average molecular weight is 573 g/mol. The number of carbonyl (C=O) groups excluding carboxylic acids is 2. The summed E-state index contributed by atoms with van der Waals surface area (Å²) in [5.74, 6) is -0.0681. The zero-order chi connectivity index (χ0) is 29.6. The Bertz CT molecular complexity index is 616. The fourth-order valence-electron chi connectivity index (χ4n) is 5.56. The molecule has 1 rings (SSSR count). The molecule has 0 bridgehead atoms. The first-order chi connectivity index (χ1) is 20.2. The number of unbranched alkanes of at least 4 members (excludes halogenated alkanes) is 24. The van der Waals surface area contributed by atoms with Gasteiger partial charge >= 0.3 is 0 Å². The Kier molecular flexibility index (Phi) is 26.1. The number of rotatable bonds is 30. The third-order valence-corrected chi connectivity index (χ3v) is 8.43. The summed E-state index contributed by atoms with van der Waals surface area (Å²) in [6.45, 7) is 4.55. The molecule has 0 aliphatic heterocycles. The lowest BCUT2D eigenvalue weighted by atomic mass is 10.0. The van der Waals surface area contributed by atoms with Crippen molar-refractivity contribution in [3.8, 4) is 0 Å². The van der Waals surface area contributed by atoms with Gasteiger partial charge in [-0.15, -0.1) is 0 Å². The van der Waals surface area contributed by atoms with Crippen LogP contribution < -0.4 is 10.6 Å². The van der Waals surface area contributed by atoms with Crippen molar-refractivity contribution in [1.82, 2.24) is 10.6 Å². The van der Waals surface area contributed by atoms with Crippen LogP contribution in [-0.4, -0.2) is 23.9 Å². The van der Waals surface area contributed by atoms with E-state index in [4.69, 9.17) is 0 Å². The van der Waals surface area contributed by atoms with E-state index in [1.165, 1.54) is 141 Å². The van der Waals surface area contributed by atoms with Crippen molar-refractivity contribution in [2.75, 3.05) is 0 Å². The van der Waals surface area contributed by atoms with Crippen LogP contribution in [0.4, 0.5) is 0 Å². The van der Waals surface area contributed by atoms with Crippen molar-refractivity contribution in [3.05, 3.63) is 24.3 Å². The molecule has 1 aliphatic carbocycles. The van der Waals surface area contributed by atoms with E-state index in [9.17, 15) is 9.59 Å². The third-order valence-electron chi connectivity index (χ3n) is 8.43. The summed E-state index contributed by atoms with van der Waals surface area (Å²) in [5, 5.41) is 6.02. The number of nitrogens with one attached hydrogen (secondary N) is 2. The molecule has 4 nitrogen and oxygen atoms in total. The van der Waals surface area contributed by atoms with Gasteiger partial charge in [-0.25, -0.2) is 0 Å². The predicted octanol–water partition coefficient (Wildman–Crippen LogP) is 10.7. The van der Waals surface area contributed by atoms with Crippen molar-refractivity contribution in [3.63, 3.8) is 0 Å². The zero-order valence-electron chi connectivity index (χ0n) is 27.4. The minimum absolute atomic E-state index is 0.0341. The molecule has 0 aromatic carbocycles. The van der Waals surface area contributed by atoms with E-state index in [1.807, 2.05) is 12.2 Å². The Morgan fingerprint density at radius 1 is 0.463 bits per heavy atom. The molecule has 2 N–H and O–H groups in total. The highest BCUT2D eigenvalue weighted by Gasteiger charge is 2.38. The molecule has 0 spiro atoms. The van der Waals surface area contributed by atoms with Gasteiger partial charge in [-0.1, -0.05) is 167 Å². The van der Waals surface area contributed by atoms with E-state index in [0.717, 1.165) is 32.1 Å². The standard InChI is InChI=1S/C37H68N2O2/c1-3-5-7-9-11-13-15-17-19-21-23-25-27-29-31-36(40)38-34-33-35(34)39-37(41)32-30-28-26-24-22-20-18-16-14-12-10-8-6-4-2/h29-32,34-35H,3-28,33H2,1-2H3,(H,38,40)(H,39,41). The minimum atomic E-state index is -0.0341. The van der Waals surface area contributed by atoms with E-state index < -0.39 is 0 Å². The van der Waals surface area contributed by atoms with Crippen molar-refractivity contribution in [1.29, 1.82) is 0 Å². The third kappa shape index (κ3) is 25.8. The fraction of sp³-hybridized carbons (Fsp3) is 0.838. The molecule has 1 fully saturated rings. The molecule has 1 aliphatic rings. The number of hydrogen-bond acceptors (Lipinski definition) is 2. The molecule has 0 aromatic rings. The van der Waals surface area contributed by atoms with E-state index >= 15 is 0 Å². The first-order valence-corrected chi connectivity index (χ1v) is 18.1. The highest BCUT2D eigenvalue weighted by Crippen LogP contribution is 2.21. The smallest absolute Gasteiger partial charge is 0.243 e. The van der Waals surface area contributed by atoms with Gasteiger partial charge in [-0.2, -0.15) is 0 Å². The molecule has 0 heterocycles. The van der Waals surface area contributed by atoms with Crippen LogP contribution in [0, 0.1) is 0 Å². The van der Waals surface area contributed by atoms with Gasteiger partial charge in [0.1, 0.15) is 0 Å². The number of allylic oxidation sites excluding steroid dienone is 2. The molecular formula is C37H68N2O2. The SMILES string of the molecule is CCCCCCCCCCCCCCC=CC(=O)NC1CC1NC(=O)C=CCCCCCCCCCCCCCC. The molecule has 2 atom stereocenters. The van der Waals surface area contributed by atoms with E-state index in [-0.39, 0.29) is 23.9 Å². The molecule has 0 saturated heterocycles. The Labute approximate surface area is 255 Å². The van der Waals surface area contributed by atoms with Gasteiger partial charge in [-0.3, -0.25) is 9.59 Å². The van der Waals surface area contributed by atoms with Gasteiger partial charge in [0.05, 0.1) is 12.1 Å². The topological polar surface area (TPSA) is 58.2 Å².